The highest BCUT2D eigenvalue weighted by atomic mass is 35.5. The Bertz CT molecular complexity index is 677. The zero-order valence-electron chi connectivity index (χ0n) is 11.0. The highest BCUT2D eigenvalue weighted by Crippen LogP contribution is 2.40. The van der Waals surface area contributed by atoms with Crippen LogP contribution in [0.2, 0.25) is 10.0 Å². The maximum atomic E-state index is 12.4. The van der Waals surface area contributed by atoms with Gasteiger partial charge >= 0.3 is 0 Å². The first kappa shape index (κ1) is 14.1. The SMILES string of the molecule is CC1(C(=O)Nc2nc3cc(Cl)cc(Cl)c3s2)CCCC1. The fraction of sp³-hybridized carbons (Fsp3) is 0.429. The molecule has 6 heteroatoms. The average molecular weight is 329 g/mol. The van der Waals surface area contributed by atoms with Gasteiger partial charge in [0, 0.05) is 10.4 Å². The molecule has 0 unspecified atom stereocenters. The Balaban J connectivity index is 1.88. The number of carbonyl (C=O) groups is 1. The Morgan fingerprint density at radius 2 is 2.05 bits per heavy atom. The van der Waals surface area contributed by atoms with E-state index in [4.69, 9.17) is 23.2 Å². The zero-order chi connectivity index (χ0) is 14.3. The quantitative estimate of drug-likeness (QED) is 0.831. The second-order valence-corrected chi connectivity index (χ2v) is 7.32. The Morgan fingerprint density at radius 3 is 2.75 bits per heavy atom. The molecular weight excluding hydrogens is 315 g/mol. The summed E-state index contributed by atoms with van der Waals surface area (Å²) in [5.41, 5.74) is 0.457. The standard InChI is InChI=1S/C14H14Cl2N2OS/c1-14(4-2-3-5-14)12(19)18-13-17-10-7-8(15)6-9(16)11(10)20-13/h6-7H,2-5H2,1H3,(H,17,18,19). The third-order valence-corrected chi connectivity index (χ3v) is 5.53. The van der Waals surface area contributed by atoms with Gasteiger partial charge in [-0.1, -0.05) is 54.3 Å². The van der Waals surface area contributed by atoms with E-state index in [0.29, 0.717) is 15.2 Å². The van der Waals surface area contributed by atoms with E-state index in [1.54, 1.807) is 12.1 Å². The molecule has 0 saturated heterocycles. The largest absolute Gasteiger partial charge is 0.301 e. The van der Waals surface area contributed by atoms with Crippen LogP contribution in [0.15, 0.2) is 12.1 Å². The normalized spacial score (nSPS) is 17.6. The van der Waals surface area contributed by atoms with E-state index in [1.807, 2.05) is 6.92 Å². The fourth-order valence-corrected chi connectivity index (χ4v) is 4.09. The summed E-state index contributed by atoms with van der Waals surface area (Å²) in [7, 11) is 0. The summed E-state index contributed by atoms with van der Waals surface area (Å²) in [5, 5.41) is 4.63. The third-order valence-electron chi connectivity index (χ3n) is 3.89. The van der Waals surface area contributed by atoms with Crippen LogP contribution >= 0.6 is 34.5 Å². The minimum atomic E-state index is -0.265. The molecule has 1 amide bonds. The summed E-state index contributed by atoms with van der Waals surface area (Å²) >= 11 is 13.5. The Kier molecular flexibility index (Phi) is 3.65. The number of halogens is 2. The summed E-state index contributed by atoms with van der Waals surface area (Å²) in [4.78, 5) is 16.8. The van der Waals surface area contributed by atoms with Gasteiger partial charge in [0.05, 0.1) is 15.2 Å². The van der Waals surface area contributed by atoms with Gasteiger partial charge in [-0.05, 0) is 25.0 Å². The molecule has 2 aromatic rings. The highest BCUT2D eigenvalue weighted by molar-refractivity contribution is 7.23. The van der Waals surface area contributed by atoms with E-state index in [-0.39, 0.29) is 11.3 Å². The number of thiazole rings is 1. The van der Waals surface area contributed by atoms with E-state index in [2.05, 4.69) is 10.3 Å². The lowest BCUT2D eigenvalue weighted by atomic mass is 9.88. The van der Waals surface area contributed by atoms with E-state index in [1.165, 1.54) is 11.3 Å². The molecule has 106 valence electrons. The van der Waals surface area contributed by atoms with Crippen LogP contribution in [0.3, 0.4) is 0 Å². The number of nitrogens with one attached hydrogen (secondary N) is 1. The van der Waals surface area contributed by atoms with Gasteiger partial charge in [0.1, 0.15) is 0 Å². The molecule has 0 spiro atoms. The number of rotatable bonds is 2. The minimum absolute atomic E-state index is 0.0521. The van der Waals surface area contributed by atoms with Crippen LogP contribution in [-0.2, 0) is 4.79 Å². The van der Waals surface area contributed by atoms with Crippen molar-refractivity contribution < 1.29 is 4.79 Å². The van der Waals surface area contributed by atoms with Gasteiger partial charge < -0.3 is 5.32 Å². The molecule has 0 atom stereocenters. The van der Waals surface area contributed by atoms with Crippen molar-refractivity contribution in [2.75, 3.05) is 5.32 Å². The van der Waals surface area contributed by atoms with Crippen LogP contribution in [0.5, 0.6) is 0 Å². The van der Waals surface area contributed by atoms with Gasteiger partial charge in [0.25, 0.3) is 0 Å². The van der Waals surface area contributed by atoms with Crippen molar-refractivity contribution in [2.24, 2.45) is 5.41 Å². The molecule has 1 aliphatic carbocycles. The highest BCUT2D eigenvalue weighted by Gasteiger charge is 2.36. The molecule has 0 radical (unpaired) electrons. The molecule has 1 saturated carbocycles. The van der Waals surface area contributed by atoms with Gasteiger partial charge in [0.15, 0.2) is 5.13 Å². The predicted molar refractivity (Wildman–Crippen MR) is 84.8 cm³/mol. The molecule has 0 aliphatic heterocycles. The van der Waals surface area contributed by atoms with Crippen molar-refractivity contribution >= 4 is 55.8 Å². The first-order chi connectivity index (χ1) is 9.48. The molecular formula is C14H14Cl2N2OS. The first-order valence-electron chi connectivity index (χ1n) is 6.55. The van der Waals surface area contributed by atoms with Crippen molar-refractivity contribution in [1.82, 2.24) is 4.98 Å². The van der Waals surface area contributed by atoms with Crippen molar-refractivity contribution in [2.45, 2.75) is 32.6 Å². The summed E-state index contributed by atoms with van der Waals surface area (Å²) < 4.78 is 0.850. The van der Waals surface area contributed by atoms with Crippen LogP contribution in [0.25, 0.3) is 10.2 Å². The van der Waals surface area contributed by atoms with Gasteiger partial charge in [-0.3, -0.25) is 4.79 Å². The van der Waals surface area contributed by atoms with Crippen molar-refractivity contribution in [1.29, 1.82) is 0 Å². The Morgan fingerprint density at radius 1 is 1.35 bits per heavy atom. The molecule has 1 aliphatic rings. The van der Waals surface area contributed by atoms with Crippen molar-refractivity contribution in [3.63, 3.8) is 0 Å². The summed E-state index contributed by atoms with van der Waals surface area (Å²) in [5.74, 6) is 0.0521. The van der Waals surface area contributed by atoms with Gasteiger partial charge in [-0.15, -0.1) is 0 Å². The van der Waals surface area contributed by atoms with Crippen LogP contribution in [0.4, 0.5) is 5.13 Å². The Hall–Kier alpha value is -0.840. The number of carbonyl (C=O) groups excluding carboxylic acids is 1. The number of nitrogens with zero attached hydrogens (tertiary/aromatic N) is 1. The maximum absolute atomic E-state index is 12.4. The molecule has 1 heterocycles. The third kappa shape index (κ3) is 2.52. The van der Waals surface area contributed by atoms with Gasteiger partial charge in [-0.2, -0.15) is 0 Å². The van der Waals surface area contributed by atoms with Crippen molar-refractivity contribution in [3.8, 4) is 0 Å². The van der Waals surface area contributed by atoms with E-state index in [0.717, 1.165) is 35.9 Å². The van der Waals surface area contributed by atoms with E-state index >= 15 is 0 Å². The van der Waals surface area contributed by atoms with Gasteiger partial charge in [-0.25, -0.2) is 4.98 Å². The summed E-state index contributed by atoms with van der Waals surface area (Å²) in [6.45, 7) is 2.02. The second-order valence-electron chi connectivity index (χ2n) is 5.48. The molecule has 3 rings (SSSR count). The van der Waals surface area contributed by atoms with E-state index in [9.17, 15) is 4.79 Å². The second kappa shape index (κ2) is 5.17. The lowest BCUT2D eigenvalue weighted by Crippen LogP contribution is -2.30. The minimum Gasteiger partial charge on any atom is -0.301 e. The van der Waals surface area contributed by atoms with Crippen LogP contribution in [0.1, 0.15) is 32.6 Å². The number of hydrogen-bond donors (Lipinski definition) is 1. The first-order valence-corrected chi connectivity index (χ1v) is 8.12. The van der Waals surface area contributed by atoms with Crippen LogP contribution in [-0.4, -0.2) is 10.9 Å². The monoisotopic (exact) mass is 328 g/mol. The van der Waals surface area contributed by atoms with Crippen molar-refractivity contribution in [3.05, 3.63) is 22.2 Å². The van der Waals surface area contributed by atoms with Gasteiger partial charge in [0.2, 0.25) is 5.91 Å². The fourth-order valence-electron chi connectivity index (χ4n) is 2.64. The zero-order valence-corrected chi connectivity index (χ0v) is 13.3. The number of fused-ring (bicyclic) bond motifs is 1. The molecule has 3 nitrogen and oxygen atoms in total. The molecule has 1 fully saturated rings. The lowest BCUT2D eigenvalue weighted by molar-refractivity contribution is -0.124. The Labute approximate surface area is 131 Å². The number of anilines is 1. The summed E-state index contributed by atoms with van der Waals surface area (Å²) in [6.07, 6.45) is 4.11. The topological polar surface area (TPSA) is 42.0 Å². The van der Waals surface area contributed by atoms with E-state index < -0.39 is 0 Å². The number of hydrogen-bond acceptors (Lipinski definition) is 3. The molecule has 1 N–H and O–H groups in total. The number of aromatic nitrogens is 1. The lowest BCUT2D eigenvalue weighted by Gasteiger charge is -2.21. The average Bonchev–Trinajstić information content (AvgIpc) is 2.96. The summed E-state index contributed by atoms with van der Waals surface area (Å²) in [6, 6.07) is 3.44. The molecule has 1 aromatic heterocycles. The molecule has 0 bridgehead atoms. The number of amides is 1. The maximum Gasteiger partial charge on any atom is 0.232 e. The predicted octanol–water partition coefficient (Wildman–Crippen LogP) is 5.12. The number of benzene rings is 1. The van der Waals surface area contributed by atoms with Crippen LogP contribution in [0, 0.1) is 5.41 Å². The molecule has 20 heavy (non-hydrogen) atoms. The molecule has 1 aromatic carbocycles. The smallest absolute Gasteiger partial charge is 0.232 e. The van der Waals surface area contributed by atoms with Crippen LogP contribution < -0.4 is 5.32 Å².